The number of imidazole rings is 1. The van der Waals surface area contributed by atoms with Crippen LogP contribution in [0.2, 0.25) is 0 Å². The van der Waals surface area contributed by atoms with Crippen LogP contribution in [0.5, 0.6) is 11.5 Å². The van der Waals surface area contributed by atoms with Gasteiger partial charge in [0.1, 0.15) is 44.6 Å². The molecule has 18 heteroatoms. The van der Waals surface area contributed by atoms with Gasteiger partial charge >= 0.3 is 0 Å². The highest BCUT2D eigenvalue weighted by molar-refractivity contribution is 7.90. The van der Waals surface area contributed by atoms with Gasteiger partial charge in [-0.3, -0.25) is 19.8 Å². The lowest BCUT2D eigenvalue weighted by atomic mass is 9.60. The molecule has 1 saturated carbocycles. The second kappa shape index (κ2) is 18.4. The molecule has 4 N–H and O–H groups in total. The molecule has 17 nitrogen and oxygen atoms in total. The summed E-state index contributed by atoms with van der Waals surface area (Å²) in [5.74, 6) is 0.761. The molecule has 1 aliphatic carbocycles. The zero-order valence-corrected chi connectivity index (χ0v) is 40.0. The second-order valence-corrected chi connectivity index (χ2v) is 21.6. The number of nitro benzene ring substituents is 1. The Balaban J connectivity index is 0.865. The van der Waals surface area contributed by atoms with Crippen LogP contribution in [0, 0.1) is 21.4 Å². The number of rotatable bonds is 14. The first kappa shape index (κ1) is 45.7. The van der Waals surface area contributed by atoms with Crippen molar-refractivity contribution >= 4 is 55.2 Å². The maximum absolute atomic E-state index is 14.2. The number of anilines is 2. The first-order valence-corrected chi connectivity index (χ1v) is 25.6. The van der Waals surface area contributed by atoms with Gasteiger partial charge in [-0.2, -0.15) is 0 Å². The minimum Gasteiger partial charge on any atom is -0.455 e. The lowest BCUT2D eigenvalue weighted by molar-refractivity contribution is -0.384. The number of hydrogen-bond acceptors (Lipinski definition) is 13. The normalized spacial score (nSPS) is 19.6. The van der Waals surface area contributed by atoms with Crippen molar-refractivity contribution in [3.8, 4) is 11.5 Å². The Morgan fingerprint density at radius 1 is 0.956 bits per heavy atom. The monoisotopic (exact) mass is 943 g/mol. The molecule has 3 saturated heterocycles. The van der Waals surface area contributed by atoms with E-state index in [2.05, 4.69) is 96.6 Å². The maximum Gasteiger partial charge on any atom is 0.296 e. The Hall–Kier alpha value is -6.11. The molecular weight excluding hydrogens is 883 g/mol. The van der Waals surface area contributed by atoms with E-state index < -0.39 is 31.4 Å². The number of hydrogen-bond donors (Lipinski definition) is 4. The van der Waals surface area contributed by atoms with E-state index in [1.807, 2.05) is 6.07 Å². The highest BCUT2D eigenvalue weighted by Gasteiger charge is 2.50. The number of piperidine rings is 2. The Kier molecular flexibility index (Phi) is 12.4. The molecule has 1 amide bonds. The summed E-state index contributed by atoms with van der Waals surface area (Å²) in [4.78, 5) is 52.4. The van der Waals surface area contributed by atoms with E-state index in [9.17, 15) is 23.3 Å². The number of H-pyrrole nitrogens is 2. The van der Waals surface area contributed by atoms with E-state index in [0.29, 0.717) is 47.8 Å². The molecule has 4 aromatic heterocycles. The first-order valence-electron chi connectivity index (χ1n) is 24.2. The number of pyridine rings is 2. The van der Waals surface area contributed by atoms with Crippen molar-refractivity contribution in [3.05, 3.63) is 100 Å². The third-order valence-electron chi connectivity index (χ3n) is 15.2. The van der Waals surface area contributed by atoms with E-state index in [4.69, 9.17) is 9.72 Å². The van der Waals surface area contributed by atoms with Gasteiger partial charge in [0.25, 0.3) is 21.6 Å². The van der Waals surface area contributed by atoms with Crippen LogP contribution < -0.4 is 19.7 Å². The smallest absolute Gasteiger partial charge is 0.296 e. The van der Waals surface area contributed by atoms with Gasteiger partial charge in [-0.1, -0.05) is 38.1 Å². The van der Waals surface area contributed by atoms with E-state index >= 15 is 0 Å². The zero-order valence-electron chi connectivity index (χ0n) is 39.2. The number of nitrogens with one attached hydrogen (secondary N) is 4. The van der Waals surface area contributed by atoms with Crippen molar-refractivity contribution in [2.75, 3.05) is 49.5 Å². The molecule has 68 heavy (non-hydrogen) atoms. The molecule has 3 aliphatic heterocycles. The number of sulfonamides is 1. The summed E-state index contributed by atoms with van der Waals surface area (Å²) in [6, 6.07) is 16.7. The van der Waals surface area contributed by atoms with E-state index in [0.717, 1.165) is 69.9 Å². The third kappa shape index (κ3) is 8.89. The van der Waals surface area contributed by atoms with Crippen molar-refractivity contribution in [3.63, 3.8) is 0 Å². The van der Waals surface area contributed by atoms with Crippen LogP contribution in [0.3, 0.4) is 0 Å². The summed E-state index contributed by atoms with van der Waals surface area (Å²) < 4.78 is 37.0. The van der Waals surface area contributed by atoms with Crippen LogP contribution in [0.4, 0.5) is 17.2 Å². The van der Waals surface area contributed by atoms with Gasteiger partial charge in [-0.05, 0) is 125 Å². The van der Waals surface area contributed by atoms with Crippen LogP contribution in [0.1, 0.15) is 113 Å². The number of carbonyl (C=O) groups is 1. The number of benzene rings is 2. The van der Waals surface area contributed by atoms with Crippen molar-refractivity contribution in [1.82, 2.24) is 39.4 Å². The number of fused-ring (bicyclic) bond motifs is 2. The topological polar surface area (TPSA) is 208 Å². The van der Waals surface area contributed by atoms with Crippen molar-refractivity contribution in [2.24, 2.45) is 11.3 Å². The van der Waals surface area contributed by atoms with Crippen molar-refractivity contribution in [2.45, 2.75) is 108 Å². The largest absolute Gasteiger partial charge is 0.455 e. The number of aromatic amines is 2. The van der Waals surface area contributed by atoms with Crippen LogP contribution in [0.25, 0.3) is 22.1 Å². The van der Waals surface area contributed by atoms with Gasteiger partial charge in [0, 0.05) is 67.7 Å². The fourth-order valence-corrected chi connectivity index (χ4v) is 12.5. The fraction of sp³-hybridized carbons (Fsp3) is 0.480. The predicted molar refractivity (Wildman–Crippen MR) is 262 cm³/mol. The molecule has 7 heterocycles. The SMILES string of the molecule is CC(C)c1ccccc1[C@@H]1CCCN1C1CC2(CCN(c3cc(Oc4cnc5[nH]ccc5c4)c(C(=O)NS(=O)(=O)c4cc([N+](=O)[O-])c(NCC5CCN(C(C)C)CC5)c5[nH]cnc45)cn3)CC2)C1. The Bertz CT molecular complexity index is 2950. The molecule has 6 aromatic rings. The van der Waals surface area contributed by atoms with Crippen LogP contribution in [-0.4, -0.2) is 105 Å². The molecule has 1 atom stereocenters. The van der Waals surface area contributed by atoms with E-state index in [1.165, 1.54) is 55.5 Å². The molecule has 10 rings (SSSR count). The number of amides is 1. The Labute approximate surface area is 396 Å². The maximum atomic E-state index is 14.2. The highest BCUT2D eigenvalue weighted by atomic mass is 32.2. The lowest BCUT2D eigenvalue weighted by Crippen LogP contribution is -2.55. The summed E-state index contributed by atoms with van der Waals surface area (Å²) in [6.45, 7) is 13.9. The van der Waals surface area contributed by atoms with E-state index in [1.54, 1.807) is 18.3 Å². The van der Waals surface area contributed by atoms with Crippen molar-refractivity contribution < 1.29 is 22.9 Å². The molecule has 0 unspecified atom stereocenters. The number of aromatic nitrogens is 5. The highest BCUT2D eigenvalue weighted by Crippen LogP contribution is 2.54. The van der Waals surface area contributed by atoms with Crippen LogP contribution >= 0.6 is 0 Å². The molecule has 1 spiro atoms. The van der Waals surface area contributed by atoms with Gasteiger partial charge in [0.2, 0.25) is 0 Å². The summed E-state index contributed by atoms with van der Waals surface area (Å²) in [7, 11) is -4.75. The Morgan fingerprint density at radius 3 is 2.49 bits per heavy atom. The van der Waals surface area contributed by atoms with Gasteiger partial charge in [-0.15, -0.1) is 0 Å². The quantitative estimate of drug-likeness (QED) is 0.0595. The number of likely N-dealkylation sites (tertiary alicyclic amines) is 2. The number of carbonyl (C=O) groups excluding carboxylic acids is 1. The van der Waals surface area contributed by atoms with Gasteiger partial charge in [0.05, 0.1) is 23.0 Å². The minimum atomic E-state index is -4.75. The third-order valence-corrected chi connectivity index (χ3v) is 16.6. The summed E-state index contributed by atoms with van der Waals surface area (Å²) in [5, 5.41) is 16.6. The average Bonchev–Trinajstić information content (AvgIpc) is 4.12. The van der Waals surface area contributed by atoms with E-state index in [-0.39, 0.29) is 39.4 Å². The average molecular weight is 944 g/mol. The predicted octanol–water partition coefficient (Wildman–Crippen LogP) is 8.90. The molecule has 4 fully saturated rings. The second-order valence-electron chi connectivity index (χ2n) is 20.0. The number of ether oxygens (including phenoxy) is 1. The van der Waals surface area contributed by atoms with Gasteiger partial charge < -0.3 is 29.8 Å². The standard InChI is InChI=1S/C50H61N11O6S/c1-31(2)37-8-5-6-9-38(37)40-10-7-17-60(40)35-25-50(26-35)14-20-59(21-15-50)44-24-42(67-36-22-34-11-16-51-48(34)54-28-36)39(29-52-44)49(62)57-68(65,66)43-23-41(61(63)64)45(47-46(43)55-30-56-47)53-27-33-12-18-58(19-13-33)32(3)4/h5-6,8-9,11,16,22-24,28-33,35,40,53H,7,10,12-15,17-21,25-27H2,1-4H3,(H,51,54)(H,55,56)(H,57,62)/t40-/m0/s1. The molecule has 0 radical (unpaired) electrons. The summed E-state index contributed by atoms with van der Waals surface area (Å²) in [6.07, 6.45) is 14.6. The summed E-state index contributed by atoms with van der Waals surface area (Å²) >= 11 is 0. The lowest BCUT2D eigenvalue weighted by Gasteiger charge is -2.56. The Morgan fingerprint density at radius 2 is 1.74 bits per heavy atom. The molecular formula is C50H61N11O6S. The minimum absolute atomic E-state index is 0.0405. The fourth-order valence-electron chi connectivity index (χ4n) is 11.4. The zero-order chi connectivity index (χ0) is 47.3. The number of nitro groups is 1. The van der Waals surface area contributed by atoms with Gasteiger partial charge in [-0.25, -0.2) is 28.1 Å². The molecule has 2 aromatic carbocycles. The number of nitrogens with zero attached hydrogens (tertiary/aromatic N) is 7. The summed E-state index contributed by atoms with van der Waals surface area (Å²) in [5.41, 5.74) is 3.53. The molecule has 4 aliphatic rings. The first-order chi connectivity index (χ1) is 32.8. The van der Waals surface area contributed by atoms with Crippen molar-refractivity contribution in [1.29, 1.82) is 0 Å². The molecule has 0 bridgehead atoms. The van der Waals surface area contributed by atoms with Crippen LogP contribution in [0.15, 0.2) is 78.3 Å². The van der Waals surface area contributed by atoms with Gasteiger partial charge in [0.15, 0.2) is 0 Å². The molecule has 358 valence electrons. The van der Waals surface area contributed by atoms with Crippen LogP contribution in [-0.2, 0) is 10.0 Å².